The van der Waals surface area contributed by atoms with Crippen LogP contribution in [0, 0.1) is 0 Å². The third kappa shape index (κ3) is 5.02. The summed E-state index contributed by atoms with van der Waals surface area (Å²) in [5.41, 5.74) is 10.5. The number of fused-ring (bicyclic) bond motifs is 7. The maximum atomic E-state index is 7.06. The van der Waals surface area contributed by atoms with E-state index in [9.17, 15) is 0 Å². The smallest absolute Gasteiger partial charge is 0.336 e. The Morgan fingerprint density at radius 1 is 0.390 bits per heavy atom. The van der Waals surface area contributed by atoms with Crippen molar-refractivity contribution in [3.05, 3.63) is 224 Å². The fraction of sp³-hybridized carbons (Fsp3) is 0. The third-order valence-electron chi connectivity index (χ3n) is 12.6. The molecule has 0 saturated carbocycles. The second kappa shape index (κ2) is 13.4. The van der Waals surface area contributed by atoms with Crippen molar-refractivity contribution in [1.82, 2.24) is 4.57 Å². The highest BCUT2D eigenvalue weighted by Crippen LogP contribution is 2.45. The van der Waals surface area contributed by atoms with E-state index < -0.39 is 8.07 Å². The molecule has 10 aromatic rings. The molecule has 0 unspecified atom stereocenters. The molecule has 3 heterocycles. The summed E-state index contributed by atoms with van der Waals surface area (Å²) < 4.78 is 9.48. The van der Waals surface area contributed by atoms with Gasteiger partial charge in [0.15, 0.2) is 8.07 Å². The predicted molar refractivity (Wildman–Crippen MR) is 250 cm³/mol. The van der Waals surface area contributed by atoms with Crippen molar-refractivity contribution in [2.45, 2.75) is 0 Å². The van der Waals surface area contributed by atoms with E-state index in [1.807, 2.05) is 0 Å². The Hall–Kier alpha value is -7.34. The minimum Gasteiger partial charge on any atom is -0.458 e. The van der Waals surface area contributed by atoms with Crippen molar-refractivity contribution in [2.75, 3.05) is 4.81 Å². The van der Waals surface area contributed by atoms with Gasteiger partial charge in [-0.05, 0) is 74.2 Å². The monoisotopic (exact) mass is 768 g/mol. The van der Waals surface area contributed by atoms with Crippen LogP contribution in [0.1, 0.15) is 0 Å². The molecule has 1 aromatic heterocycles. The van der Waals surface area contributed by atoms with E-state index in [4.69, 9.17) is 4.74 Å². The van der Waals surface area contributed by atoms with Gasteiger partial charge < -0.3 is 14.1 Å². The molecule has 12 rings (SSSR count). The molecule has 0 bridgehead atoms. The molecular weight excluding hydrogens is 732 g/mol. The SMILES string of the molecule is c1ccc(N2B3c4ccccc4Oc4cc(-n5c6ccccc6c6ccccc65)cc(c43)-c3cc([Si](c4ccccc4)(c4ccccc4)c4ccccc4)ccc32)cc1. The van der Waals surface area contributed by atoms with Gasteiger partial charge in [-0.3, -0.25) is 0 Å². The highest BCUT2D eigenvalue weighted by atomic mass is 28.3. The van der Waals surface area contributed by atoms with Crippen LogP contribution in [-0.2, 0) is 0 Å². The van der Waals surface area contributed by atoms with Crippen molar-refractivity contribution in [3.8, 4) is 28.3 Å². The summed E-state index contributed by atoms with van der Waals surface area (Å²) in [5.74, 6) is 1.78. The zero-order valence-corrected chi connectivity index (χ0v) is 33.2. The quantitative estimate of drug-likeness (QED) is 0.124. The van der Waals surface area contributed by atoms with Gasteiger partial charge in [-0.2, -0.15) is 0 Å². The van der Waals surface area contributed by atoms with Crippen molar-refractivity contribution in [1.29, 1.82) is 0 Å². The first-order chi connectivity index (χ1) is 29.3. The number of hydrogen-bond acceptors (Lipinski definition) is 2. The van der Waals surface area contributed by atoms with Crippen LogP contribution in [0.4, 0.5) is 11.4 Å². The maximum Gasteiger partial charge on any atom is 0.336 e. The van der Waals surface area contributed by atoms with Gasteiger partial charge in [0, 0.05) is 39.2 Å². The lowest BCUT2D eigenvalue weighted by atomic mass is 9.44. The van der Waals surface area contributed by atoms with Crippen LogP contribution >= 0.6 is 0 Å². The first-order valence-corrected chi connectivity index (χ1v) is 22.4. The number of benzene rings is 9. The number of aromatic nitrogens is 1. The largest absolute Gasteiger partial charge is 0.458 e. The molecule has 0 aliphatic carbocycles. The molecule has 5 heteroatoms. The highest BCUT2D eigenvalue weighted by Gasteiger charge is 2.46. The fourth-order valence-electron chi connectivity index (χ4n) is 10.1. The van der Waals surface area contributed by atoms with E-state index in [1.165, 1.54) is 64.8 Å². The Bertz CT molecular complexity index is 3050. The summed E-state index contributed by atoms with van der Waals surface area (Å²) in [6, 6.07) is 82.7. The normalized spacial score (nSPS) is 12.8. The summed E-state index contributed by atoms with van der Waals surface area (Å²) in [7, 11) is -2.86. The molecule has 0 spiro atoms. The number of rotatable bonds is 6. The van der Waals surface area contributed by atoms with Crippen LogP contribution < -0.4 is 41.2 Å². The lowest BCUT2D eigenvalue weighted by Gasteiger charge is -2.43. The summed E-state index contributed by atoms with van der Waals surface area (Å²) in [4.78, 5) is 2.54. The molecular formula is C54H37BN2OSi. The number of para-hydroxylation sites is 4. The fourth-order valence-corrected chi connectivity index (χ4v) is 14.9. The van der Waals surface area contributed by atoms with Gasteiger partial charge >= 0.3 is 6.85 Å². The molecule has 9 aromatic carbocycles. The van der Waals surface area contributed by atoms with Crippen molar-refractivity contribution >= 4 is 79.8 Å². The minimum absolute atomic E-state index is 0.0997. The van der Waals surface area contributed by atoms with Gasteiger partial charge in [0.25, 0.3) is 0 Å². The zero-order valence-electron chi connectivity index (χ0n) is 32.2. The van der Waals surface area contributed by atoms with Crippen LogP contribution in [0.25, 0.3) is 38.6 Å². The Balaban J connectivity index is 1.21. The summed E-state index contributed by atoms with van der Waals surface area (Å²) >= 11 is 0. The Morgan fingerprint density at radius 2 is 0.915 bits per heavy atom. The minimum atomic E-state index is -2.86. The third-order valence-corrected chi connectivity index (χ3v) is 17.3. The Labute approximate surface area is 345 Å². The number of anilines is 2. The molecule has 0 amide bonds. The van der Waals surface area contributed by atoms with Crippen LogP contribution in [0.3, 0.4) is 0 Å². The molecule has 0 N–H and O–H groups in total. The average Bonchev–Trinajstić information content (AvgIpc) is 3.65. The molecule has 0 radical (unpaired) electrons. The van der Waals surface area contributed by atoms with E-state index in [1.54, 1.807) is 0 Å². The molecule has 0 fully saturated rings. The number of hydrogen-bond donors (Lipinski definition) is 0. The van der Waals surface area contributed by atoms with Crippen LogP contribution in [0.15, 0.2) is 224 Å². The van der Waals surface area contributed by atoms with Gasteiger partial charge in [-0.15, -0.1) is 0 Å². The van der Waals surface area contributed by atoms with E-state index in [0.717, 1.165) is 28.3 Å². The second-order valence-corrected chi connectivity index (χ2v) is 19.4. The van der Waals surface area contributed by atoms with Crippen molar-refractivity contribution in [3.63, 3.8) is 0 Å². The lowest BCUT2D eigenvalue weighted by Crippen LogP contribution is -2.74. The van der Waals surface area contributed by atoms with Crippen molar-refractivity contribution < 1.29 is 4.74 Å². The summed E-state index contributed by atoms with van der Waals surface area (Å²) in [6.07, 6.45) is 0. The van der Waals surface area contributed by atoms with Gasteiger partial charge in [-0.1, -0.05) is 176 Å². The molecule has 3 nitrogen and oxygen atoms in total. The summed E-state index contributed by atoms with van der Waals surface area (Å²) in [6.45, 7) is -0.0997. The highest BCUT2D eigenvalue weighted by molar-refractivity contribution is 7.20. The van der Waals surface area contributed by atoms with Gasteiger partial charge in [0.1, 0.15) is 11.5 Å². The zero-order chi connectivity index (χ0) is 38.9. The Morgan fingerprint density at radius 3 is 1.53 bits per heavy atom. The van der Waals surface area contributed by atoms with Crippen LogP contribution in [-0.4, -0.2) is 19.5 Å². The van der Waals surface area contributed by atoms with Crippen LogP contribution in [0.5, 0.6) is 11.5 Å². The van der Waals surface area contributed by atoms with Gasteiger partial charge in [0.2, 0.25) is 0 Å². The second-order valence-electron chi connectivity index (χ2n) is 15.6. The topological polar surface area (TPSA) is 17.4 Å². The molecule has 276 valence electrons. The lowest BCUT2D eigenvalue weighted by molar-refractivity contribution is 0.487. The first kappa shape index (κ1) is 33.8. The first-order valence-electron chi connectivity index (χ1n) is 20.4. The Kier molecular flexibility index (Phi) is 7.65. The van der Waals surface area contributed by atoms with Crippen LogP contribution in [0.2, 0.25) is 0 Å². The standard InChI is InChI=1S/C54H37BN2OSi/c1-5-19-38(20-6-1)57-51-34-33-43(59(40-21-7-2-8-22-40,41-23-9-3-10-24-41)42-25-11-4-12-26-42)37-46(51)47-35-39(36-53-54(47)55(57)48-29-15-18-32-52(48)58-53)56-49-30-16-13-27-44(49)45-28-14-17-31-50(45)56/h1-37H. The van der Waals surface area contributed by atoms with E-state index in [2.05, 4.69) is 234 Å². The van der Waals surface area contributed by atoms with E-state index in [-0.39, 0.29) is 6.85 Å². The van der Waals surface area contributed by atoms with Gasteiger partial charge in [-0.25, -0.2) is 0 Å². The van der Waals surface area contributed by atoms with E-state index in [0.29, 0.717) is 0 Å². The van der Waals surface area contributed by atoms with E-state index >= 15 is 0 Å². The molecule has 0 saturated heterocycles. The maximum absolute atomic E-state index is 7.06. The predicted octanol–water partition coefficient (Wildman–Crippen LogP) is 9.19. The van der Waals surface area contributed by atoms with Gasteiger partial charge in [0.05, 0.1) is 16.7 Å². The molecule has 2 aliphatic rings. The average molecular weight is 769 g/mol. The molecule has 59 heavy (non-hydrogen) atoms. The molecule has 2 aliphatic heterocycles. The van der Waals surface area contributed by atoms with Crippen molar-refractivity contribution in [2.24, 2.45) is 0 Å². The summed E-state index contributed by atoms with van der Waals surface area (Å²) in [5, 5.41) is 7.86. The number of nitrogens with zero attached hydrogens (tertiary/aromatic N) is 2. The number of ether oxygens (including phenoxy) is 1. The molecule has 0 atom stereocenters.